The van der Waals surface area contributed by atoms with Gasteiger partial charge in [0.2, 0.25) is 0 Å². The number of benzene rings is 2. The highest BCUT2D eigenvalue weighted by molar-refractivity contribution is 7.86. The standard InChI is InChI=1S/C17H18N2O6S/c1-11-2-4-13(5-3-11)26(21,22)24-10-12-9-23-16-7-6-15(18)14(8-19-20)17(16)25-12/h2-8,12,20H,9-10,18H2,1H3. The van der Waals surface area contributed by atoms with Gasteiger partial charge in [0.15, 0.2) is 17.6 Å². The normalized spacial score (nSPS) is 16.7. The average molecular weight is 378 g/mol. The molecule has 26 heavy (non-hydrogen) atoms. The van der Waals surface area contributed by atoms with Crippen LogP contribution >= 0.6 is 0 Å². The number of nitrogens with zero attached hydrogens (tertiary/aromatic N) is 1. The molecule has 0 fully saturated rings. The summed E-state index contributed by atoms with van der Waals surface area (Å²) >= 11 is 0. The van der Waals surface area contributed by atoms with Crippen LogP contribution in [0.4, 0.5) is 5.69 Å². The van der Waals surface area contributed by atoms with Crippen molar-refractivity contribution in [3.05, 3.63) is 47.5 Å². The van der Waals surface area contributed by atoms with Crippen LogP contribution in [-0.4, -0.2) is 39.2 Å². The zero-order chi connectivity index (χ0) is 18.7. The van der Waals surface area contributed by atoms with Gasteiger partial charge in [-0.15, -0.1) is 0 Å². The Hall–Kier alpha value is -2.78. The van der Waals surface area contributed by atoms with Crippen molar-refractivity contribution in [1.29, 1.82) is 0 Å². The quantitative estimate of drug-likeness (QED) is 0.268. The van der Waals surface area contributed by atoms with E-state index in [2.05, 4.69) is 5.16 Å². The maximum atomic E-state index is 12.3. The van der Waals surface area contributed by atoms with Gasteiger partial charge in [-0.25, -0.2) is 0 Å². The number of rotatable bonds is 5. The second kappa shape index (κ2) is 7.22. The number of hydrogen-bond acceptors (Lipinski definition) is 8. The minimum atomic E-state index is -3.91. The highest BCUT2D eigenvalue weighted by atomic mass is 32.2. The fourth-order valence-electron chi connectivity index (χ4n) is 2.42. The van der Waals surface area contributed by atoms with Gasteiger partial charge in [-0.05, 0) is 31.2 Å². The topological polar surface area (TPSA) is 120 Å². The zero-order valence-electron chi connectivity index (χ0n) is 14.0. The predicted octanol–water partition coefficient (Wildman–Crippen LogP) is 1.93. The lowest BCUT2D eigenvalue weighted by atomic mass is 10.1. The molecule has 0 aromatic heterocycles. The van der Waals surface area contributed by atoms with Gasteiger partial charge in [-0.1, -0.05) is 22.9 Å². The summed E-state index contributed by atoms with van der Waals surface area (Å²) in [7, 11) is -3.91. The number of aryl methyl sites for hydroxylation is 1. The molecule has 3 rings (SSSR count). The molecule has 0 saturated carbocycles. The van der Waals surface area contributed by atoms with Gasteiger partial charge in [-0.3, -0.25) is 4.18 Å². The second-order valence-electron chi connectivity index (χ2n) is 5.74. The Labute approximate surface area is 150 Å². The van der Waals surface area contributed by atoms with E-state index in [1.165, 1.54) is 12.1 Å². The SMILES string of the molecule is Cc1ccc(S(=O)(=O)OCC2COc3ccc(N)c(C=NO)c3O2)cc1. The molecule has 138 valence electrons. The number of ether oxygens (including phenoxy) is 2. The largest absolute Gasteiger partial charge is 0.486 e. The van der Waals surface area contributed by atoms with Crippen molar-refractivity contribution in [3.8, 4) is 11.5 Å². The molecule has 0 spiro atoms. The molecule has 1 atom stereocenters. The van der Waals surface area contributed by atoms with E-state index in [9.17, 15) is 8.42 Å². The van der Waals surface area contributed by atoms with Gasteiger partial charge in [0.1, 0.15) is 13.2 Å². The molecule has 0 saturated heterocycles. The third-order valence-corrected chi connectivity index (χ3v) is 5.10. The smallest absolute Gasteiger partial charge is 0.297 e. The van der Waals surface area contributed by atoms with Gasteiger partial charge < -0.3 is 20.4 Å². The molecular formula is C17H18N2O6S. The maximum absolute atomic E-state index is 12.3. The van der Waals surface area contributed by atoms with E-state index in [-0.39, 0.29) is 23.9 Å². The van der Waals surface area contributed by atoms with E-state index < -0.39 is 16.2 Å². The Morgan fingerprint density at radius 3 is 2.73 bits per heavy atom. The lowest BCUT2D eigenvalue weighted by Crippen LogP contribution is -2.34. The zero-order valence-corrected chi connectivity index (χ0v) is 14.8. The molecule has 0 radical (unpaired) electrons. The number of nitrogen functional groups attached to an aromatic ring is 1. The highest BCUT2D eigenvalue weighted by Crippen LogP contribution is 2.37. The van der Waals surface area contributed by atoms with Gasteiger partial charge in [-0.2, -0.15) is 8.42 Å². The van der Waals surface area contributed by atoms with Crippen LogP contribution in [0.15, 0.2) is 46.4 Å². The molecule has 2 aromatic rings. The summed E-state index contributed by atoms with van der Waals surface area (Å²) in [6.07, 6.45) is 0.458. The van der Waals surface area contributed by atoms with Crippen molar-refractivity contribution >= 4 is 22.0 Å². The first-order valence-electron chi connectivity index (χ1n) is 7.76. The van der Waals surface area contributed by atoms with E-state index in [0.29, 0.717) is 17.0 Å². The van der Waals surface area contributed by atoms with Crippen LogP contribution in [0.1, 0.15) is 11.1 Å². The van der Waals surface area contributed by atoms with Crippen LogP contribution in [0.25, 0.3) is 0 Å². The van der Waals surface area contributed by atoms with Crippen LogP contribution in [-0.2, 0) is 14.3 Å². The molecule has 1 unspecified atom stereocenters. The second-order valence-corrected chi connectivity index (χ2v) is 7.36. The summed E-state index contributed by atoms with van der Waals surface area (Å²) in [5.74, 6) is 0.696. The third-order valence-electron chi connectivity index (χ3n) is 3.81. The fourth-order valence-corrected chi connectivity index (χ4v) is 3.36. The van der Waals surface area contributed by atoms with E-state index in [1.807, 2.05) is 6.92 Å². The number of oxime groups is 1. The summed E-state index contributed by atoms with van der Waals surface area (Å²) in [5.41, 5.74) is 7.46. The Morgan fingerprint density at radius 2 is 2.04 bits per heavy atom. The summed E-state index contributed by atoms with van der Waals surface area (Å²) in [5, 5.41) is 11.7. The first-order valence-corrected chi connectivity index (χ1v) is 9.17. The van der Waals surface area contributed by atoms with Crippen molar-refractivity contribution < 1.29 is 27.3 Å². The number of fused-ring (bicyclic) bond motifs is 1. The molecular weight excluding hydrogens is 360 g/mol. The first kappa shape index (κ1) is 18.0. The first-order chi connectivity index (χ1) is 12.4. The number of hydrogen-bond donors (Lipinski definition) is 2. The van der Waals surface area contributed by atoms with Crippen molar-refractivity contribution in [3.63, 3.8) is 0 Å². The Bertz CT molecular complexity index is 925. The Morgan fingerprint density at radius 1 is 1.31 bits per heavy atom. The third kappa shape index (κ3) is 3.73. The van der Waals surface area contributed by atoms with E-state index >= 15 is 0 Å². The van der Waals surface area contributed by atoms with Crippen LogP contribution in [0.5, 0.6) is 11.5 Å². The van der Waals surface area contributed by atoms with E-state index in [1.54, 1.807) is 24.3 Å². The van der Waals surface area contributed by atoms with Crippen molar-refractivity contribution in [2.75, 3.05) is 18.9 Å². The van der Waals surface area contributed by atoms with Crippen LogP contribution in [0.3, 0.4) is 0 Å². The lowest BCUT2D eigenvalue weighted by Gasteiger charge is -2.27. The summed E-state index contributed by atoms with van der Waals surface area (Å²) < 4.78 is 40.9. The molecule has 0 aliphatic carbocycles. The van der Waals surface area contributed by atoms with E-state index in [4.69, 9.17) is 24.6 Å². The monoisotopic (exact) mass is 378 g/mol. The molecule has 2 aromatic carbocycles. The van der Waals surface area contributed by atoms with Crippen LogP contribution in [0.2, 0.25) is 0 Å². The van der Waals surface area contributed by atoms with Gasteiger partial charge in [0, 0.05) is 5.69 Å². The molecule has 1 aliphatic heterocycles. The summed E-state index contributed by atoms with van der Waals surface area (Å²) in [6, 6.07) is 9.56. The Kier molecular flexibility index (Phi) is 5.01. The molecule has 3 N–H and O–H groups in total. The van der Waals surface area contributed by atoms with Gasteiger partial charge in [0.25, 0.3) is 10.1 Å². The number of anilines is 1. The van der Waals surface area contributed by atoms with Crippen LogP contribution < -0.4 is 15.2 Å². The summed E-state index contributed by atoms with van der Waals surface area (Å²) in [6.45, 7) is 1.73. The molecule has 1 aliphatic rings. The molecule has 9 heteroatoms. The molecule has 0 bridgehead atoms. The minimum Gasteiger partial charge on any atom is -0.486 e. The Balaban J connectivity index is 1.73. The van der Waals surface area contributed by atoms with E-state index in [0.717, 1.165) is 11.8 Å². The van der Waals surface area contributed by atoms with Crippen LogP contribution in [0, 0.1) is 6.92 Å². The minimum absolute atomic E-state index is 0.0672. The predicted molar refractivity (Wildman–Crippen MR) is 94.5 cm³/mol. The van der Waals surface area contributed by atoms with Crippen molar-refractivity contribution in [2.24, 2.45) is 5.16 Å². The summed E-state index contributed by atoms with van der Waals surface area (Å²) in [4.78, 5) is 0.0672. The highest BCUT2D eigenvalue weighted by Gasteiger charge is 2.27. The van der Waals surface area contributed by atoms with Gasteiger partial charge >= 0.3 is 0 Å². The van der Waals surface area contributed by atoms with Gasteiger partial charge in [0.05, 0.1) is 16.7 Å². The maximum Gasteiger partial charge on any atom is 0.297 e. The lowest BCUT2D eigenvalue weighted by molar-refractivity contribution is 0.0554. The van der Waals surface area contributed by atoms with Crippen molar-refractivity contribution in [2.45, 2.75) is 17.9 Å². The van der Waals surface area contributed by atoms with Crippen molar-refractivity contribution in [1.82, 2.24) is 0 Å². The fraction of sp³-hybridized carbons (Fsp3) is 0.235. The number of nitrogens with two attached hydrogens (primary N) is 1. The molecule has 8 nitrogen and oxygen atoms in total. The molecule has 1 heterocycles. The molecule has 0 amide bonds. The average Bonchev–Trinajstić information content (AvgIpc) is 2.63.